The van der Waals surface area contributed by atoms with E-state index in [9.17, 15) is 34.8 Å². The lowest BCUT2D eigenvalue weighted by Gasteiger charge is -2.50. The number of nitrogens with one attached hydrogen (secondary N) is 1. The van der Waals surface area contributed by atoms with Crippen molar-refractivity contribution in [2.45, 2.75) is 31.0 Å². The third-order valence-electron chi connectivity index (χ3n) is 8.40. The first-order chi connectivity index (χ1) is 19.4. The fourth-order valence-corrected chi connectivity index (χ4v) is 6.58. The van der Waals surface area contributed by atoms with E-state index < -0.39 is 58.0 Å². The molecule has 1 fully saturated rings. The summed E-state index contributed by atoms with van der Waals surface area (Å²) in [5, 5.41) is 56.6. The lowest BCUT2D eigenvalue weighted by Crippen LogP contribution is -2.65. The van der Waals surface area contributed by atoms with Crippen LogP contribution in [0.2, 0.25) is 0 Å². The summed E-state index contributed by atoms with van der Waals surface area (Å²) in [6.07, 6.45) is 0.216. The number of Topliss-reactive ketones (excluding diaryl/α,β-unsaturated/α-hetero) is 2. The maximum Gasteiger partial charge on any atom is 0.255 e. The SMILES string of the molecule is CN(C)C1C(=O)C(C(N)=O)=C(O)[C@@]2(O)C(=O)C3=C(O)c4c(O)ccc(-c5ccc(CNCC#N)cc5)c4C[C@H]3C[C@@H]12. The number of benzene rings is 2. The summed E-state index contributed by atoms with van der Waals surface area (Å²) < 4.78 is 0. The average Bonchev–Trinajstić information content (AvgIpc) is 2.91. The summed E-state index contributed by atoms with van der Waals surface area (Å²) in [4.78, 5) is 40.8. The average molecular weight is 559 g/mol. The predicted octanol–water partition coefficient (Wildman–Crippen LogP) is 1.24. The van der Waals surface area contributed by atoms with Crippen molar-refractivity contribution >= 4 is 23.2 Å². The third kappa shape index (κ3) is 4.19. The molecule has 0 saturated heterocycles. The summed E-state index contributed by atoms with van der Waals surface area (Å²) >= 11 is 0. The summed E-state index contributed by atoms with van der Waals surface area (Å²) in [5.41, 5.74) is 4.75. The van der Waals surface area contributed by atoms with Gasteiger partial charge in [-0.3, -0.25) is 19.3 Å². The molecule has 2 aromatic carbocycles. The number of carbonyl (C=O) groups is 3. The van der Waals surface area contributed by atoms with Crippen LogP contribution in [0.4, 0.5) is 0 Å². The quantitative estimate of drug-likeness (QED) is 0.170. The van der Waals surface area contributed by atoms with Crippen LogP contribution in [-0.4, -0.2) is 75.1 Å². The van der Waals surface area contributed by atoms with Crippen LogP contribution in [0.3, 0.4) is 0 Å². The monoisotopic (exact) mass is 558 g/mol. The van der Waals surface area contributed by atoms with E-state index in [0.29, 0.717) is 12.1 Å². The third-order valence-corrected chi connectivity index (χ3v) is 8.40. The Morgan fingerprint density at radius 1 is 1.15 bits per heavy atom. The number of fused-ring (bicyclic) bond motifs is 3. The minimum absolute atomic E-state index is 0.0182. The zero-order valence-electron chi connectivity index (χ0n) is 22.5. The minimum Gasteiger partial charge on any atom is -0.508 e. The Bertz CT molecular complexity index is 1580. The fourth-order valence-electron chi connectivity index (χ4n) is 6.58. The molecule has 1 unspecified atom stereocenters. The second-order valence-corrected chi connectivity index (χ2v) is 10.9. The first-order valence-electron chi connectivity index (χ1n) is 13.1. The van der Waals surface area contributed by atoms with Crippen molar-refractivity contribution in [2.24, 2.45) is 17.6 Å². The second-order valence-electron chi connectivity index (χ2n) is 10.9. The Labute approximate surface area is 235 Å². The van der Waals surface area contributed by atoms with Crippen LogP contribution in [0.5, 0.6) is 5.75 Å². The number of phenols is 1. The molecule has 1 saturated carbocycles. The smallest absolute Gasteiger partial charge is 0.255 e. The van der Waals surface area contributed by atoms with Gasteiger partial charge in [0.05, 0.1) is 24.2 Å². The van der Waals surface area contributed by atoms with Crippen LogP contribution >= 0.6 is 0 Å². The number of aliphatic hydroxyl groups excluding tert-OH is 2. The van der Waals surface area contributed by atoms with E-state index in [2.05, 4.69) is 5.32 Å². The molecule has 5 rings (SSSR count). The van der Waals surface area contributed by atoms with Gasteiger partial charge in [0.2, 0.25) is 5.78 Å². The standard InChI is InChI=1S/C30H30N4O7/c1-34(2)24-19-12-16-11-18-17(15-5-3-14(4-6-15)13-33-10-9-31)7-8-20(35)22(18)25(36)21(16)27(38)30(19,41)28(39)23(26(24)37)29(32)40/h3-8,16,19,24,33,35-36,39,41H,10-13H2,1-2H3,(H2,32,40)/t16-,19-,24?,30-/m0/s1. The second kappa shape index (κ2) is 10.2. The van der Waals surface area contributed by atoms with Crippen molar-refractivity contribution in [1.82, 2.24) is 10.2 Å². The number of carbonyl (C=O) groups excluding carboxylic acids is 3. The largest absolute Gasteiger partial charge is 0.508 e. The van der Waals surface area contributed by atoms with Crippen molar-refractivity contribution in [1.29, 1.82) is 5.26 Å². The molecule has 3 aliphatic rings. The van der Waals surface area contributed by atoms with Crippen LogP contribution in [0.25, 0.3) is 16.9 Å². The number of ketones is 2. The normalized spacial score (nSPS) is 25.5. The van der Waals surface area contributed by atoms with Gasteiger partial charge in [-0.1, -0.05) is 30.3 Å². The molecule has 0 aromatic heterocycles. The van der Waals surface area contributed by atoms with Crippen molar-refractivity contribution in [3.63, 3.8) is 0 Å². The Balaban J connectivity index is 1.63. The maximum atomic E-state index is 13.9. The Kier molecular flexibility index (Phi) is 6.95. The molecule has 3 aliphatic carbocycles. The van der Waals surface area contributed by atoms with Gasteiger partial charge in [0, 0.05) is 18.0 Å². The van der Waals surface area contributed by atoms with Crippen LogP contribution in [-0.2, 0) is 27.3 Å². The van der Waals surface area contributed by atoms with E-state index in [0.717, 1.165) is 16.7 Å². The van der Waals surface area contributed by atoms with Crippen molar-refractivity contribution < 1.29 is 34.8 Å². The molecule has 11 heteroatoms. The van der Waals surface area contributed by atoms with E-state index >= 15 is 0 Å². The molecule has 41 heavy (non-hydrogen) atoms. The molecule has 0 spiro atoms. The number of aliphatic hydroxyl groups is 3. The number of primary amides is 1. The highest BCUT2D eigenvalue weighted by atomic mass is 16.3. The van der Waals surface area contributed by atoms with Crippen molar-refractivity contribution in [2.75, 3.05) is 20.6 Å². The molecule has 11 nitrogen and oxygen atoms in total. The summed E-state index contributed by atoms with van der Waals surface area (Å²) in [5.74, 6) is -6.82. The highest BCUT2D eigenvalue weighted by Crippen LogP contribution is 2.53. The van der Waals surface area contributed by atoms with Gasteiger partial charge in [0.1, 0.15) is 22.8 Å². The molecular weight excluding hydrogens is 528 g/mol. The fraction of sp³-hybridized carbons (Fsp3) is 0.333. The predicted molar refractivity (Wildman–Crippen MR) is 147 cm³/mol. The molecular formula is C30H30N4O7. The van der Waals surface area contributed by atoms with Gasteiger partial charge >= 0.3 is 0 Å². The number of aromatic hydroxyl groups is 1. The molecule has 0 radical (unpaired) electrons. The maximum absolute atomic E-state index is 13.9. The van der Waals surface area contributed by atoms with E-state index in [-0.39, 0.29) is 36.3 Å². The lowest BCUT2D eigenvalue weighted by molar-refractivity contribution is -0.153. The highest BCUT2D eigenvalue weighted by molar-refractivity contribution is 6.24. The van der Waals surface area contributed by atoms with Crippen molar-refractivity contribution in [3.05, 3.63) is 70.0 Å². The Hall–Kier alpha value is -4.50. The molecule has 4 atom stereocenters. The number of likely N-dealkylation sites (N-methyl/N-ethyl adjacent to an activating group) is 1. The Morgan fingerprint density at radius 3 is 2.44 bits per heavy atom. The first-order valence-corrected chi connectivity index (χ1v) is 13.1. The van der Waals surface area contributed by atoms with Crippen molar-refractivity contribution in [3.8, 4) is 22.9 Å². The van der Waals surface area contributed by atoms with Crippen LogP contribution < -0.4 is 11.1 Å². The summed E-state index contributed by atoms with van der Waals surface area (Å²) in [6, 6.07) is 11.6. The van der Waals surface area contributed by atoms with Gasteiger partial charge in [-0.15, -0.1) is 0 Å². The van der Waals surface area contributed by atoms with Gasteiger partial charge < -0.3 is 31.5 Å². The number of nitrogens with zero attached hydrogens (tertiary/aromatic N) is 2. The summed E-state index contributed by atoms with van der Waals surface area (Å²) in [7, 11) is 3.12. The van der Waals surface area contributed by atoms with Gasteiger partial charge in [0.25, 0.3) is 5.91 Å². The zero-order valence-corrected chi connectivity index (χ0v) is 22.5. The molecule has 7 N–H and O–H groups in total. The van der Waals surface area contributed by atoms with Gasteiger partial charge in [-0.05, 0) is 61.2 Å². The van der Waals surface area contributed by atoms with Crippen LogP contribution in [0.15, 0.2) is 53.3 Å². The van der Waals surface area contributed by atoms with Gasteiger partial charge in [-0.25, -0.2) is 0 Å². The van der Waals surface area contributed by atoms with Crippen LogP contribution in [0, 0.1) is 23.2 Å². The lowest BCUT2D eigenvalue weighted by atomic mass is 9.57. The number of nitriles is 1. The molecule has 1 amide bonds. The summed E-state index contributed by atoms with van der Waals surface area (Å²) in [6.45, 7) is 0.725. The van der Waals surface area contributed by atoms with Gasteiger partial charge in [-0.2, -0.15) is 5.26 Å². The zero-order chi connectivity index (χ0) is 29.8. The molecule has 0 aliphatic heterocycles. The minimum atomic E-state index is -2.67. The number of hydrogen-bond donors (Lipinski definition) is 6. The number of rotatable bonds is 6. The Morgan fingerprint density at radius 2 is 1.83 bits per heavy atom. The van der Waals surface area contributed by atoms with E-state index in [1.165, 1.54) is 11.0 Å². The molecule has 0 bridgehead atoms. The number of amides is 1. The number of phenolic OH excluding ortho intramolecular Hbond substituents is 1. The molecule has 212 valence electrons. The van der Waals surface area contributed by atoms with E-state index in [4.69, 9.17) is 11.0 Å². The molecule has 0 heterocycles. The van der Waals surface area contributed by atoms with E-state index in [1.807, 2.05) is 30.3 Å². The van der Waals surface area contributed by atoms with E-state index in [1.54, 1.807) is 20.2 Å². The van der Waals surface area contributed by atoms with Crippen LogP contribution in [0.1, 0.15) is 23.1 Å². The highest BCUT2D eigenvalue weighted by Gasteiger charge is 2.64. The number of hydrogen-bond acceptors (Lipinski definition) is 10. The van der Waals surface area contributed by atoms with Gasteiger partial charge in [0.15, 0.2) is 11.4 Å². The molecule has 2 aromatic rings. The topological polar surface area (TPSA) is 197 Å². The number of nitrogens with two attached hydrogens (primary N) is 1. The first kappa shape index (κ1) is 28.0.